The van der Waals surface area contributed by atoms with E-state index in [2.05, 4.69) is 25.3 Å². The minimum absolute atomic E-state index is 0.0723. The molecule has 3 rings (SSSR count). The summed E-state index contributed by atoms with van der Waals surface area (Å²) in [5.74, 6) is 0.250. The Morgan fingerprint density at radius 2 is 2.07 bits per heavy atom. The standard InChI is InChI=1S/C19H21FN6O3/c1-10(5-4-6-11-8-22-16(21)15(29-3)14(11)28-2)24-19(27)18-25-13-7-12(20)9-23-17(13)26-18/h4,6-10H,5H2,1-3H3,(H2,21,22)(H,24,27)(H,23,25,26)/b6-4+/t10-/m0/s1. The molecule has 3 aromatic heterocycles. The molecule has 0 fully saturated rings. The van der Waals surface area contributed by atoms with Crippen molar-refractivity contribution in [1.29, 1.82) is 0 Å². The van der Waals surface area contributed by atoms with Gasteiger partial charge in [0.15, 0.2) is 23.0 Å². The van der Waals surface area contributed by atoms with Crippen LogP contribution in [0.2, 0.25) is 0 Å². The van der Waals surface area contributed by atoms with Crippen molar-refractivity contribution in [1.82, 2.24) is 25.3 Å². The molecule has 29 heavy (non-hydrogen) atoms. The maximum Gasteiger partial charge on any atom is 0.287 e. The minimum Gasteiger partial charge on any atom is -0.492 e. The number of nitrogen functional groups attached to an aromatic ring is 1. The summed E-state index contributed by atoms with van der Waals surface area (Å²) in [5.41, 5.74) is 7.11. The predicted octanol–water partition coefficient (Wildman–Crippen LogP) is 2.31. The van der Waals surface area contributed by atoms with E-state index in [-0.39, 0.29) is 23.3 Å². The van der Waals surface area contributed by atoms with Gasteiger partial charge in [-0.2, -0.15) is 0 Å². The molecule has 10 heteroatoms. The second-order valence-corrected chi connectivity index (χ2v) is 6.29. The maximum absolute atomic E-state index is 13.2. The van der Waals surface area contributed by atoms with E-state index in [1.807, 2.05) is 19.1 Å². The molecule has 0 unspecified atom stereocenters. The number of ether oxygens (including phenoxy) is 2. The van der Waals surface area contributed by atoms with Crippen molar-refractivity contribution in [2.24, 2.45) is 0 Å². The van der Waals surface area contributed by atoms with Crippen LogP contribution in [0.5, 0.6) is 11.5 Å². The van der Waals surface area contributed by atoms with E-state index in [0.29, 0.717) is 29.0 Å². The van der Waals surface area contributed by atoms with Gasteiger partial charge in [-0.3, -0.25) is 4.79 Å². The first kappa shape index (κ1) is 20.1. The molecule has 3 heterocycles. The Labute approximate surface area is 166 Å². The Morgan fingerprint density at radius 3 is 2.79 bits per heavy atom. The van der Waals surface area contributed by atoms with E-state index in [1.165, 1.54) is 20.3 Å². The number of hydrogen-bond donors (Lipinski definition) is 3. The Morgan fingerprint density at radius 1 is 1.31 bits per heavy atom. The molecule has 0 aromatic carbocycles. The summed E-state index contributed by atoms with van der Waals surface area (Å²) in [7, 11) is 3.01. The third-order valence-corrected chi connectivity index (χ3v) is 4.14. The molecule has 4 N–H and O–H groups in total. The average molecular weight is 400 g/mol. The first-order chi connectivity index (χ1) is 13.9. The molecule has 0 aliphatic heterocycles. The Bertz CT molecular complexity index is 1070. The van der Waals surface area contributed by atoms with Gasteiger partial charge in [0.1, 0.15) is 5.82 Å². The van der Waals surface area contributed by atoms with Crippen molar-refractivity contribution in [3.63, 3.8) is 0 Å². The van der Waals surface area contributed by atoms with E-state index in [9.17, 15) is 9.18 Å². The van der Waals surface area contributed by atoms with Crippen molar-refractivity contribution >= 4 is 29.0 Å². The number of nitrogens with zero attached hydrogens (tertiary/aromatic N) is 3. The number of H-pyrrole nitrogens is 1. The number of hydrogen-bond acceptors (Lipinski definition) is 7. The molecular formula is C19H21FN6O3. The average Bonchev–Trinajstić information content (AvgIpc) is 3.12. The van der Waals surface area contributed by atoms with E-state index in [4.69, 9.17) is 15.2 Å². The summed E-state index contributed by atoms with van der Waals surface area (Å²) in [5, 5.41) is 2.82. The minimum atomic E-state index is -0.504. The van der Waals surface area contributed by atoms with Gasteiger partial charge in [-0.05, 0) is 13.3 Å². The number of pyridine rings is 2. The fraction of sp³-hybridized carbons (Fsp3) is 0.263. The number of aromatic nitrogens is 4. The SMILES string of the molecule is COc1c(/C=C/C[C@H](C)NC(=O)c2nc3ncc(F)cc3[nH]2)cnc(N)c1OC. The number of carbonyl (C=O) groups excluding carboxylic acids is 1. The normalized spacial score (nSPS) is 12.3. The lowest BCUT2D eigenvalue weighted by atomic mass is 10.1. The van der Waals surface area contributed by atoms with E-state index in [0.717, 1.165) is 6.20 Å². The van der Waals surface area contributed by atoms with Crippen molar-refractivity contribution < 1.29 is 18.7 Å². The molecular weight excluding hydrogens is 379 g/mol. The zero-order valence-corrected chi connectivity index (χ0v) is 16.2. The molecule has 0 radical (unpaired) electrons. The van der Waals surface area contributed by atoms with Crippen LogP contribution in [0.1, 0.15) is 29.5 Å². The number of rotatable bonds is 7. The second-order valence-electron chi connectivity index (χ2n) is 6.29. The largest absolute Gasteiger partial charge is 0.492 e. The molecule has 0 saturated carbocycles. The summed E-state index contributed by atoms with van der Waals surface area (Å²) >= 11 is 0. The number of anilines is 1. The number of nitrogens with two attached hydrogens (primary N) is 1. The van der Waals surface area contributed by atoms with Crippen LogP contribution in [0, 0.1) is 5.82 Å². The van der Waals surface area contributed by atoms with Gasteiger partial charge in [0.05, 0.1) is 25.9 Å². The number of halogens is 1. The third-order valence-electron chi connectivity index (χ3n) is 4.14. The van der Waals surface area contributed by atoms with Crippen LogP contribution < -0.4 is 20.5 Å². The molecule has 0 spiro atoms. The van der Waals surface area contributed by atoms with Crippen LogP contribution in [0.25, 0.3) is 17.2 Å². The lowest BCUT2D eigenvalue weighted by Crippen LogP contribution is -2.32. The predicted molar refractivity (Wildman–Crippen MR) is 106 cm³/mol. The van der Waals surface area contributed by atoms with Crippen LogP contribution in [-0.2, 0) is 0 Å². The van der Waals surface area contributed by atoms with E-state index >= 15 is 0 Å². The lowest BCUT2D eigenvalue weighted by Gasteiger charge is -2.12. The zero-order chi connectivity index (χ0) is 21.0. The van der Waals surface area contributed by atoms with Crippen LogP contribution in [0.15, 0.2) is 24.5 Å². The van der Waals surface area contributed by atoms with Gasteiger partial charge < -0.3 is 25.5 Å². The van der Waals surface area contributed by atoms with Crippen molar-refractivity contribution in [2.75, 3.05) is 20.0 Å². The highest BCUT2D eigenvalue weighted by Gasteiger charge is 2.15. The first-order valence-electron chi connectivity index (χ1n) is 8.78. The quantitative estimate of drug-likeness (QED) is 0.555. The molecule has 0 saturated heterocycles. The molecule has 0 aliphatic rings. The Balaban J connectivity index is 1.64. The highest BCUT2D eigenvalue weighted by Crippen LogP contribution is 2.35. The Hall–Kier alpha value is -3.69. The molecule has 1 atom stereocenters. The molecule has 3 aromatic rings. The van der Waals surface area contributed by atoms with Crippen molar-refractivity contribution in [3.8, 4) is 11.5 Å². The lowest BCUT2D eigenvalue weighted by molar-refractivity contribution is 0.0931. The number of aromatic amines is 1. The van der Waals surface area contributed by atoms with Gasteiger partial charge in [-0.1, -0.05) is 12.2 Å². The topological polar surface area (TPSA) is 128 Å². The van der Waals surface area contributed by atoms with Gasteiger partial charge in [0.2, 0.25) is 5.75 Å². The number of methoxy groups -OCH3 is 2. The van der Waals surface area contributed by atoms with Gasteiger partial charge in [-0.15, -0.1) is 0 Å². The molecule has 0 bridgehead atoms. The zero-order valence-electron chi connectivity index (χ0n) is 16.2. The number of carbonyl (C=O) groups is 1. The fourth-order valence-corrected chi connectivity index (χ4v) is 2.76. The highest BCUT2D eigenvalue weighted by molar-refractivity contribution is 5.93. The second kappa shape index (κ2) is 8.55. The van der Waals surface area contributed by atoms with Crippen LogP contribution in [-0.4, -0.2) is 46.1 Å². The maximum atomic E-state index is 13.2. The fourth-order valence-electron chi connectivity index (χ4n) is 2.76. The van der Waals surface area contributed by atoms with E-state index < -0.39 is 11.7 Å². The third kappa shape index (κ3) is 4.42. The van der Waals surface area contributed by atoms with Gasteiger partial charge in [0, 0.05) is 23.9 Å². The summed E-state index contributed by atoms with van der Waals surface area (Å²) in [4.78, 5) is 27.1. The molecule has 9 nitrogen and oxygen atoms in total. The first-order valence-corrected chi connectivity index (χ1v) is 8.78. The number of imidazole rings is 1. The van der Waals surface area contributed by atoms with Crippen LogP contribution >= 0.6 is 0 Å². The van der Waals surface area contributed by atoms with Gasteiger partial charge in [-0.25, -0.2) is 19.3 Å². The summed E-state index contributed by atoms with van der Waals surface area (Å²) < 4.78 is 23.8. The summed E-state index contributed by atoms with van der Waals surface area (Å²) in [6.07, 6.45) is 6.85. The number of fused-ring (bicyclic) bond motifs is 1. The monoisotopic (exact) mass is 400 g/mol. The number of amides is 1. The van der Waals surface area contributed by atoms with E-state index in [1.54, 1.807) is 6.20 Å². The highest BCUT2D eigenvalue weighted by atomic mass is 19.1. The molecule has 0 aliphatic carbocycles. The Kier molecular flexibility index (Phi) is 5.91. The van der Waals surface area contributed by atoms with Crippen LogP contribution in [0.4, 0.5) is 10.2 Å². The summed E-state index contributed by atoms with van der Waals surface area (Å²) in [6, 6.07) is 1.05. The van der Waals surface area contributed by atoms with Crippen LogP contribution in [0.3, 0.4) is 0 Å². The van der Waals surface area contributed by atoms with Crippen molar-refractivity contribution in [3.05, 3.63) is 41.7 Å². The summed E-state index contributed by atoms with van der Waals surface area (Å²) in [6.45, 7) is 1.85. The smallest absolute Gasteiger partial charge is 0.287 e. The van der Waals surface area contributed by atoms with Gasteiger partial charge >= 0.3 is 0 Å². The molecule has 1 amide bonds. The molecule has 152 valence electrons. The van der Waals surface area contributed by atoms with Crippen molar-refractivity contribution in [2.45, 2.75) is 19.4 Å². The van der Waals surface area contributed by atoms with Gasteiger partial charge in [0.25, 0.3) is 5.91 Å². The number of nitrogens with one attached hydrogen (secondary N) is 2.